The van der Waals surface area contributed by atoms with Gasteiger partial charge in [0, 0.05) is 39.8 Å². The molecule has 6 atom stereocenters. The predicted octanol–water partition coefficient (Wildman–Crippen LogP) is 10.4. The second-order valence-corrected chi connectivity index (χ2v) is 21.8. The molecule has 4 N–H and O–H groups in total. The lowest BCUT2D eigenvalue weighted by molar-refractivity contribution is -0.148. The van der Waals surface area contributed by atoms with Crippen molar-refractivity contribution in [3.05, 3.63) is 25.3 Å². The molecule has 0 aliphatic heterocycles. The maximum Gasteiger partial charge on any atom is 0.408 e. The Morgan fingerprint density at radius 2 is 0.878 bits per heavy atom. The van der Waals surface area contributed by atoms with Crippen molar-refractivity contribution in [3.8, 4) is 0 Å². The second-order valence-electron chi connectivity index (χ2n) is 19.3. The highest BCUT2D eigenvalue weighted by molar-refractivity contribution is 7.41. The third-order valence-corrected chi connectivity index (χ3v) is 11.9. The number of hydrogen-bond acceptors (Lipinski definition) is 17. The van der Waals surface area contributed by atoms with Crippen LogP contribution in [-0.4, -0.2) is 145 Å². The van der Waals surface area contributed by atoms with Crippen molar-refractivity contribution in [3.63, 3.8) is 0 Å². The van der Waals surface area contributed by atoms with Gasteiger partial charge in [0.25, 0.3) is 0 Å². The maximum absolute atomic E-state index is 12.8. The quantitative estimate of drug-likeness (QED) is 0.0146. The van der Waals surface area contributed by atoms with E-state index in [4.69, 9.17) is 55.6 Å². The maximum atomic E-state index is 12.8. The number of alkyl carbamates (subject to hydrolysis) is 2. The van der Waals surface area contributed by atoms with Crippen molar-refractivity contribution in [2.45, 2.75) is 195 Å². The average Bonchev–Trinajstić information content (AvgIpc) is 3.30. The minimum absolute atomic E-state index is 0.0199. The Kier molecular flexibility index (Phi) is 42.9. The summed E-state index contributed by atoms with van der Waals surface area (Å²) in [5.74, 6) is -0.682. The Bertz CT molecular complexity index is 1400. The summed E-state index contributed by atoms with van der Waals surface area (Å²) in [7, 11) is -3.90. The number of nitrogens with one attached hydrogen (secondary N) is 4. The van der Waals surface area contributed by atoms with Crippen LogP contribution in [0.5, 0.6) is 0 Å². The summed E-state index contributed by atoms with van der Waals surface area (Å²) < 4.78 is 68.8. The molecule has 432 valence electrons. The summed E-state index contributed by atoms with van der Waals surface area (Å²) in [6, 6.07) is -1.81. The van der Waals surface area contributed by atoms with Gasteiger partial charge in [0.1, 0.15) is 23.4 Å². The first kappa shape index (κ1) is 70.8. The summed E-state index contributed by atoms with van der Waals surface area (Å²) in [5.41, 5.74) is -1.48. The van der Waals surface area contributed by atoms with Crippen LogP contribution in [0, 0.1) is 0 Å². The van der Waals surface area contributed by atoms with Crippen LogP contribution in [0.25, 0.3) is 0 Å². The van der Waals surface area contributed by atoms with Crippen LogP contribution >= 0.6 is 17.2 Å². The highest BCUT2D eigenvalue weighted by atomic mass is 31.2. The zero-order chi connectivity index (χ0) is 55.5. The van der Waals surface area contributed by atoms with E-state index >= 15 is 0 Å². The molecule has 0 fully saturated rings. The fourth-order valence-electron chi connectivity index (χ4n) is 6.42. The van der Waals surface area contributed by atoms with Crippen LogP contribution in [0.1, 0.15) is 159 Å². The third-order valence-electron chi connectivity index (χ3n) is 9.70. The number of carbonyl (C=O) groups excluding carboxylic acids is 5. The molecular formula is C51H96N4O17P2. The van der Waals surface area contributed by atoms with E-state index in [1.165, 1.54) is 38.8 Å². The van der Waals surface area contributed by atoms with Gasteiger partial charge < -0.3 is 76.8 Å². The first-order chi connectivity index (χ1) is 35.2. The molecule has 0 aliphatic rings. The van der Waals surface area contributed by atoms with Gasteiger partial charge in [0.2, 0.25) is 0 Å². The standard InChI is InChI=1S/C51H96N4O17P2/c1-13-17-19-21-23-25-45(69-41(5)56)27-33-61-37-43(54-48(59)71-50(7,8)9)39-67-73(63-31-15-3)65-35-29-52-47(58)53-30-36-66-74(64-32-16-4)68-40-44(55-49(60)72-51(10,11)12)38-62-34-28-46(70-42(6)57)26-24-22-20-18-14-2/h15-16,43-46H,3-4,13-14,17-40H2,1-2,5-12H3,(H,54,59)(H,55,60)(H2,52,53,58)/t43-,44-,45-,46-,73?,74?/m1/s1. The summed E-state index contributed by atoms with van der Waals surface area (Å²) in [4.78, 5) is 61.7. The number of amides is 4. The Morgan fingerprint density at radius 3 is 1.22 bits per heavy atom. The molecule has 0 aliphatic carbocycles. The smallest absolute Gasteiger partial charge is 0.408 e. The normalized spacial score (nSPS) is 14.1. The molecule has 0 heterocycles. The molecule has 0 spiro atoms. The van der Waals surface area contributed by atoms with Gasteiger partial charge in [-0.1, -0.05) is 77.4 Å². The number of rotatable bonds is 46. The number of urea groups is 1. The largest absolute Gasteiger partial charge is 0.462 e. The lowest BCUT2D eigenvalue weighted by atomic mass is 10.1. The molecule has 2 unspecified atom stereocenters. The van der Waals surface area contributed by atoms with Gasteiger partial charge in [-0.05, 0) is 67.2 Å². The lowest BCUT2D eigenvalue weighted by Crippen LogP contribution is -2.44. The molecule has 4 amide bonds. The fraction of sp³-hybridized carbons (Fsp3) is 0.824. The Morgan fingerprint density at radius 1 is 0.500 bits per heavy atom. The highest BCUT2D eigenvalue weighted by Gasteiger charge is 2.25. The summed E-state index contributed by atoms with van der Waals surface area (Å²) in [6.45, 7) is 26.1. The summed E-state index contributed by atoms with van der Waals surface area (Å²) in [5, 5.41) is 11.0. The number of esters is 2. The van der Waals surface area contributed by atoms with Crippen LogP contribution in [0.4, 0.5) is 14.4 Å². The Labute approximate surface area is 445 Å². The minimum Gasteiger partial charge on any atom is -0.462 e. The van der Waals surface area contributed by atoms with Crippen molar-refractivity contribution < 1.29 is 79.5 Å². The van der Waals surface area contributed by atoms with Gasteiger partial charge >= 0.3 is 47.4 Å². The van der Waals surface area contributed by atoms with E-state index in [1.54, 1.807) is 41.5 Å². The molecule has 0 bridgehead atoms. The first-order valence-corrected chi connectivity index (χ1v) is 28.5. The van der Waals surface area contributed by atoms with Crippen molar-refractivity contribution in [2.75, 3.05) is 79.2 Å². The van der Waals surface area contributed by atoms with Gasteiger partial charge in [-0.25, -0.2) is 14.4 Å². The molecule has 0 saturated heterocycles. The topological polar surface area (TPSA) is 244 Å². The van der Waals surface area contributed by atoms with Crippen LogP contribution in [0.3, 0.4) is 0 Å². The van der Waals surface area contributed by atoms with Gasteiger partial charge in [-0.15, -0.1) is 13.2 Å². The molecule has 0 aromatic rings. The van der Waals surface area contributed by atoms with E-state index in [0.717, 1.165) is 64.2 Å². The Balaban J connectivity index is 5.25. The van der Waals surface area contributed by atoms with Crippen molar-refractivity contribution in [2.24, 2.45) is 0 Å². The number of hydrogen-bond donors (Lipinski definition) is 4. The minimum atomic E-state index is -1.95. The van der Waals surface area contributed by atoms with E-state index in [0.29, 0.717) is 12.8 Å². The molecule has 0 aromatic carbocycles. The van der Waals surface area contributed by atoms with E-state index < -0.39 is 58.7 Å². The van der Waals surface area contributed by atoms with Crippen molar-refractivity contribution in [1.82, 2.24) is 21.3 Å². The molecule has 74 heavy (non-hydrogen) atoms. The summed E-state index contributed by atoms with van der Waals surface area (Å²) in [6.07, 6.45) is 14.6. The molecule has 21 nitrogen and oxygen atoms in total. The van der Waals surface area contributed by atoms with Gasteiger partial charge in [-0.2, -0.15) is 0 Å². The number of ether oxygens (including phenoxy) is 6. The zero-order valence-corrected chi connectivity index (χ0v) is 48.4. The molecule has 0 aromatic heterocycles. The third kappa shape index (κ3) is 46.1. The van der Waals surface area contributed by atoms with E-state index in [2.05, 4.69) is 48.3 Å². The number of carbonyl (C=O) groups is 5. The van der Waals surface area contributed by atoms with Crippen molar-refractivity contribution >= 4 is 47.4 Å². The molecule has 0 radical (unpaired) electrons. The van der Waals surface area contributed by atoms with Crippen LogP contribution in [-0.2, 0) is 65.2 Å². The lowest BCUT2D eigenvalue weighted by Gasteiger charge is -2.25. The van der Waals surface area contributed by atoms with Gasteiger partial charge in [0.05, 0.1) is 78.2 Å². The molecule has 0 saturated carbocycles. The fourth-order valence-corrected chi connectivity index (χ4v) is 8.41. The van der Waals surface area contributed by atoms with Crippen LogP contribution in [0.2, 0.25) is 0 Å². The zero-order valence-electron chi connectivity index (χ0n) is 46.6. The van der Waals surface area contributed by atoms with E-state index in [9.17, 15) is 24.0 Å². The first-order valence-electron chi connectivity index (χ1n) is 26.3. The highest BCUT2D eigenvalue weighted by Crippen LogP contribution is 2.40. The SMILES string of the molecule is C=CCOP(OCCNC(=O)NCCOP(OCC=C)OC[C@@H](COCC[C@@H](CCCCCCC)OC(C)=O)NC(=O)OC(C)(C)C)OC[C@@H](COCC[C@@H](CCCCCCC)OC(C)=O)NC(=O)OC(C)(C)C. The van der Waals surface area contributed by atoms with Gasteiger partial charge in [0.15, 0.2) is 0 Å². The second kappa shape index (κ2) is 44.9. The predicted molar refractivity (Wildman–Crippen MR) is 286 cm³/mol. The van der Waals surface area contributed by atoms with E-state index in [-0.39, 0.29) is 103 Å². The van der Waals surface area contributed by atoms with Crippen LogP contribution < -0.4 is 21.3 Å². The van der Waals surface area contributed by atoms with Crippen molar-refractivity contribution in [1.29, 1.82) is 0 Å². The monoisotopic (exact) mass is 1100 g/mol. The molecular weight excluding hydrogens is 1000 g/mol. The molecule has 23 heteroatoms. The van der Waals surface area contributed by atoms with Gasteiger partial charge in [-0.3, -0.25) is 9.59 Å². The average molecular weight is 1100 g/mol. The van der Waals surface area contributed by atoms with Crippen LogP contribution in [0.15, 0.2) is 25.3 Å². The molecule has 0 rings (SSSR count). The number of unbranched alkanes of at least 4 members (excludes halogenated alkanes) is 8. The van der Waals surface area contributed by atoms with E-state index in [1.807, 2.05) is 0 Å². The summed E-state index contributed by atoms with van der Waals surface area (Å²) >= 11 is 0. The Hall–Kier alpha value is -3.23.